The molecule has 1 aliphatic rings. The molecule has 3 aromatic rings. The number of esters is 1. The fourth-order valence-electron chi connectivity index (χ4n) is 3.59. The number of pyridine rings is 1. The smallest absolute Gasteiger partial charge is 0.310 e. The van der Waals surface area contributed by atoms with E-state index in [1.165, 1.54) is 6.20 Å². The van der Waals surface area contributed by atoms with E-state index in [1.807, 2.05) is 6.07 Å². The van der Waals surface area contributed by atoms with Crippen LogP contribution in [0.25, 0.3) is 11.3 Å². The number of morpholine rings is 1. The van der Waals surface area contributed by atoms with Crippen molar-refractivity contribution in [2.45, 2.75) is 6.42 Å². The van der Waals surface area contributed by atoms with Crippen LogP contribution in [0.2, 0.25) is 0 Å². The zero-order chi connectivity index (χ0) is 25.3. The van der Waals surface area contributed by atoms with Gasteiger partial charge < -0.3 is 24.3 Å². The third-order valence-corrected chi connectivity index (χ3v) is 5.41. The largest absolute Gasteiger partial charge is 0.463 e. The van der Waals surface area contributed by atoms with Crippen molar-refractivity contribution < 1.29 is 23.7 Å². The molecule has 4 rings (SSSR count). The number of H-pyrrole nitrogens is 1. The maximum absolute atomic E-state index is 12.6. The van der Waals surface area contributed by atoms with Gasteiger partial charge in [0.15, 0.2) is 0 Å². The number of hydrogen-bond acceptors (Lipinski definition) is 9. The van der Waals surface area contributed by atoms with Crippen molar-refractivity contribution in [2.24, 2.45) is 0 Å². The van der Waals surface area contributed by atoms with Crippen molar-refractivity contribution in [1.29, 1.82) is 0 Å². The summed E-state index contributed by atoms with van der Waals surface area (Å²) in [4.78, 5) is 42.9. The number of nitrogens with one attached hydrogen (secondary N) is 2. The minimum atomic E-state index is -0.434. The summed E-state index contributed by atoms with van der Waals surface area (Å²) < 4.78 is 14.7. The summed E-state index contributed by atoms with van der Waals surface area (Å²) in [7, 11) is 4.92. The third kappa shape index (κ3) is 6.55. The van der Waals surface area contributed by atoms with Crippen molar-refractivity contribution in [1.82, 2.24) is 20.1 Å². The summed E-state index contributed by atoms with van der Waals surface area (Å²) in [5, 5.41) is 9.55. The van der Waals surface area contributed by atoms with Gasteiger partial charge >= 0.3 is 5.97 Å². The van der Waals surface area contributed by atoms with Gasteiger partial charge in [0.2, 0.25) is 0 Å². The molecule has 0 saturated carbocycles. The minimum Gasteiger partial charge on any atom is -0.463 e. The van der Waals surface area contributed by atoms with Crippen LogP contribution in [-0.4, -0.2) is 79.5 Å². The first-order chi connectivity index (χ1) is 17.5. The Kier molecular flexibility index (Phi) is 8.42. The van der Waals surface area contributed by atoms with E-state index in [2.05, 4.69) is 25.2 Å². The number of hydrogen-bond donors (Lipinski definition) is 2. The molecule has 11 nitrogen and oxygen atoms in total. The number of aromatic amines is 1. The Morgan fingerprint density at radius 3 is 2.72 bits per heavy atom. The lowest BCUT2D eigenvalue weighted by molar-refractivity contribution is -0.143. The van der Waals surface area contributed by atoms with E-state index in [0.29, 0.717) is 48.9 Å². The predicted octanol–water partition coefficient (Wildman–Crippen LogP) is 1.23. The van der Waals surface area contributed by atoms with Crippen LogP contribution in [-0.2, 0) is 25.3 Å². The summed E-state index contributed by atoms with van der Waals surface area (Å²) in [6.07, 6.45) is 1.53. The van der Waals surface area contributed by atoms with E-state index < -0.39 is 11.5 Å². The Bertz CT molecular complexity index is 1260. The lowest BCUT2D eigenvalue weighted by Crippen LogP contribution is -2.40. The van der Waals surface area contributed by atoms with E-state index >= 15 is 0 Å². The number of nitrogens with zero attached hydrogens (tertiary/aromatic N) is 3. The van der Waals surface area contributed by atoms with Gasteiger partial charge in [0, 0.05) is 24.8 Å². The van der Waals surface area contributed by atoms with Gasteiger partial charge in [0.05, 0.1) is 37.5 Å². The van der Waals surface area contributed by atoms with E-state index in [0.717, 1.165) is 5.56 Å². The van der Waals surface area contributed by atoms with Gasteiger partial charge in [-0.05, 0) is 29.8 Å². The van der Waals surface area contributed by atoms with E-state index in [-0.39, 0.29) is 31.2 Å². The van der Waals surface area contributed by atoms with Crippen LogP contribution in [0.1, 0.15) is 15.9 Å². The van der Waals surface area contributed by atoms with Crippen LogP contribution in [0.3, 0.4) is 0 Å². The van der Waals surface area contributed by atoms with Gasteiger partial charge in [0.1, 0.15) is 18.1 Å². The molecule has 0 bridgehead atoms. The molecular formula is C24H24BN5O6. The zero-order valence-electron chi connectivity index (χ0n) is 19.4. The summed E-state index contributed by atoms with van der Waals surface area (Å²) in [5.74, 6) is -0.130. The first-order valence-electron chi connectivity index (χ1n) is 11.3. The van der Waals surface area contributed by atoms with Crippen LogP contribution in [0, 0.1) is 0 Å². The molecular weight excluding hydrogens is 465 g/mol. The second kappa shape index (κ2) is 12.1. The van der Waals surface area contributed by atoms with Gasteiger partial charge in [-0.2, -0.15) is 5.10 Å². The number of carbonyl (C=O) groups excluding carboxylic acids is 2. The van der Waals surface area contributed by atoms with Crippen LogP contribution in [0.15, 0.2) is 53.5 Å². The highest BCUT2D eigenvalue weighted by Gasteiger charge is 2.19. The number of anilines is 2. The highest BCUT2D eigenvalue weighted by Crippen LogP contribution is 2.21. The van der Waals surface area contributed by atoms with Crippen molar-refractivity contribution in [2.75, 3.05) is 44.8 Å². The first kappa shape index (κ1) is 25.1. The molecule has 2 radical (unpaired) electrons. The van der Waals surface area contributed by atoms with E-state index in [4.69, 9.17) is 17.5 Å². The minimum absolute atomic E-state index is 0.0618. The fourth-order valence-corrected chi connectivity index (χ4v) is 3.59. The highest BCUT2D eigenvalue weighted by molar-refractivity contribution is 5.97. The summed E-state index contributed by atoms with van der Waals surface area (Å²) in [6.45, 7) is 2.30. The molecule has 1 saturated heterocycles. The molecule has 0 spiro atoms. The molecule has 3 heterocycles. The van der Waals surface area contributed by atoms with E-state index in [1.54, 1.807) is 41.3 Å². The molecule has 36 heavy (non-hydrogen) atoms. The molecule has 0 unspecified atom stereocenters. The Labute approximate surface area is 208 Å². The molecule has 2 N–H and O–H groups in total. The lowest BCUT2D eigenvalue weighted by Gasteiger charge is -2.26. The second-order valence-corrected chi connectivity index (χ2v) is 7.93. The monoisotopic (exact) mass is 489 g/mol. The molecule has 2 aromatic heterocycles. The Morgan fingerprint density at radius 1 is 1.14 bits per heavy atom. The highest BCUT2D eigenvalue weighted by atomic mass is 16.5. The Morgan fingerprint density at radius 2 is 1.97 bits per heavy atom. The summed E-state index contributed by atoms with van der Waals surface area (Å²) in [5.41, 5.74) is 2.16. The zero-order valence-corrected chi connectivity index (χ0v) is 19.4. The number of amides is 1. The van der Waals surface area contributed by atoms with Gasteiger partial charge in [-0.1, -0.05) is 18.2 Å². The molecule has 0 aliphatic carbocycles. The van der Waals surface area contributed by atoms with Crippen LogP contribution in [0.4, 0.5) is 11.5 Å². The SMILES string of the molecule is [B]OCCOC(=O)Cc1cccc(-c2cc(Nc3ccc(C(=O)N4CCOCC4)cn3)c(=O)[nH]n2)c1. The van der Waals surface area contributed by atoms with Crippen molar-refractivity contribution >= 4 is 31.4 Å². The van der Waals surface area contributed by atoms with Crippen molar-refractivity contribution in [3.8, 4) is 11.3 Å². The quantitative estimate of drug-likeness (QED) is 0.259. The molecule has 184 valence electrons. The van der Waals surface area contributed by atoms with E-state index in [9.17, 15) is 14.4 Å². The van der Waals surface area contributed by atoms with Crippen molar-refractivity contribution in [3.05, 3.63) is 70.1 Å². The normalized spacial score (nSPS) is 13.3. The first-order valence-corrected chi connectivity index (χ1v) is 11.3. The van der Waals surface area contributed by atoms with Crippen LogP contribution < -0.4 is 10.9 Å². The predicted molar refractivity (Wildman–Crippen MR) is 131 cm³/mol. The number of aromatic nitrogens is 3. The average molecular weight is 489 g/mol. The van der Waals surface area contributed by atoms with Gasteiger partial charge in [-0.15, -0.1) is 0 Å². The Balaban J connectivity index is 1.45. The topological polar surface area (TPSA) is 136 Å². The molecule has 1 aliphatic heterocycles. The summed E-state index contributed by atoms with van der Waals surface area (Å²) >= 11 is 0. The standard InChI is InChI=1S/C24H24BN5O6/c25-36-11-10-35-22(31)13-16-2-1-3-17(12-16)19-14-20(23(32)29-28-19)27-21-5-4-18(15-26-21)24(33)30-6-8-34-9-7-30/h1-5,12,14-15H,6-11,13H2,(H,29,32)(H,26,27,28). The molecule has 1 fully saturated rings. The number of carbonyl (C=O) groups is 2. The molecule has 12 heteroatoms. The maximum Gasteiger partial charge on any atom is 0.310 e. The van der Waals surface area contributed by atoms with Crippen molar-refractivity contribution in [3.63, 3.8) is 0 Å². The Hall–Kier alpha value is -4.03. The van der Waals surface area contributed by atoms with Crippen LogP contribution >= 0.6 is 0 Å². The van der Waals surface area contributed by atoms with Crippen LogP contribution in [0.5, 0.6) is 0 Å². The van der Waals surface area contributed by atoms with Gasteiger partial charge in [-0.3, -0.25) is 14.4 Å². The average Bonchev–Trinajstić information content (AvgIpc) is 2.91. The number of rotatable bonds is 9. The maximum atomic E-state index is 12.6. The molecule has 1 amide bonds. The second-order valence-electron chi connectivity index (χ2n) is 7.93. The summed E-state index contributed by atoms with van der Waals surface area (Å²) in [6, 6.07) is 12.1. The molecule has 1 aromatic carbocycles. The van der Waals surface area contributed by atoms with Gasteiger partial charge in [0.25, 0.3) is 19.5 Å². The molecule has 0 atom stereocenters. The number of ether oxygens (including phenoxy) is 2. The van der Waals surface area contributed by atoms with Gasteiger partial charge in [-0.25, -0.2) is 10.1 Å². The number of benzene rings is 1. The lowest BCUT2D eigenvalue weighted by atomic mass is 10.1. The fraction of sp³-hybridized carbons (Fsp3) is 0.292. The third-order valence-electron chi connectivity index (χ3n) is 5.41.